The van der Waals surface area contributed by atoms with Crippen LogP contribution in [0.2, 0.25) is 5.02 Å². The number of carbonyl (C=O) groups is 3. The zero-order valence-electron chi connectivity index (χ0n) is 19.8. The van der Waals surface area contributed by atoms with E-state index < -0.39 is 36.1 Å². The second-order valence-corrected chi connectivity index (χ2v) is 9.83. The monoisotopic (exact) mass is 534 g/mol. The molecule has 1 fully saturated rings. The minimum atomic E-state index is -4.63. The summed E-state index contributed by atoms with van der Waals surface area (Å²) in [5, 5.41) is 8.36. The second kappa shape index (κ2) is 10.9. The Bertz CT molecular complexity index is 1210. The van der Waals surface area contributed by atoms with Crippen molar-refractivity contribution in [3.8, 4) is 0 Å². The first-order valence-corrected chi connectivity index (χ1v) is 12.3. The molecule has 1 heterocycles. The molecule has 0 bridgehead atoms. The van der Waals surface area contributed by atoms with Gasteiger partial charge in [0, 0.05) is 17.4 Å². The number of halogens is 4. The summed E-state index contributed by atoms with van der Waals surface area (Å²) in [7, 11) is 0. The molecular formula is C26H26ClF3N4O3. The highest BCUT2D eigenvalue weighted by Gasteiger charge is 2.35. The average molecular weight is 535 g/mol. The van der Waals surface area contributed by atoms with Crippen LogP contribution in [0, 0.1) is 11.8 Å². The zero-order chi connectivity index (χ0) is 26.7. The number of hydrazone groups is 1. The molecule has 4 rings (SSSR count). The van der Waals surface area contributed by atoms with Gasteiger partial charge in [0.15, 0.2) is 0 Å². The van der Waals surface area contributed by atoms with Gasteiger partial charge in [-0.15, -0.1) is 0 Å². The molecule has 1 saturated carbocycles. The molecular weight excluding hydrogens is 509 g/mol. The summed E-state index contributed by atoms with van der Waals surface area (Å²) in [5.74, 6) is -1.89. The van der Waals surface area contributed by atoms with Gasteiger partial charge in [-0.05, 0) is 54.2 Å². The Morgan fingerprint density at radius 2 is 1.84 bits per heavy atom. The average Bonchev–Trinajstić information content (AvgIpc) is 3.67. The third kappa shape index (κ3) is 6.88. The van der Waals surface area contributed by atoms with Gasteiger partial charge in [0.2, 0.25) is 17.7 Å². The van der Waals surface area contributed by atoms with Crippen LogP contribution in [0.25, 0.3) is 0 Å². The largest absolute Gasteiger partial charge is 0.416 e. The molecule has 0 radical (unpaired) electrons. The lowest BCUT2D eigenvalue weighted by atomic mass is 9.90. The topological polar surface area (TPSA) is 105 Å². The van der Waals surface area contributed by atoms with Gasteiger partial charge in [-0.1, -0.05) is 48.7 Å². The molecule has 2 atom stereocenters. The van der Waals surface area contributed by atoms with Crippen molar-refractivity contribution in [3.05, 3.63) is 70.2 Å². The lowest BCUT2D eigenvalue weighted by molar-refractivity contribution is -0.141. The number of benzene rings is 2. The van der Waals surface area contributed by atoms with E-state index in [0.717, 1.165) is 48.0 Å². The molecule has 0 saturated heterocycles. The quantitative estimate of drug-likeness (QED) is 0.497. The van der Waals surface area contributed by atoms with Crippen molar-refractivity contribution >= 4 is 35.0 Å². The normalized spacial score (nSPS) is 18.8. The van der Waals surface area contributed by atoms with E-state index in [4.69, 9.17) is 17.3 Å². The number of nitrogens with one attached hydrogen (secondary N) is 1. The zero-order valence-corrected chi connectivity index (χ0v) is 20.6. The lowest BCUT2D eigenvalue weighted by Crippen LogP contribution is -2.46. The molecule has 196 valence electrons. The molecule has 2 unspecified atom stereocenters. The number of hydrogen-bond donors (Lipinski definition) is 2. The van der Waals surface area contributed by atoms with E-state index in [0.29, 0.717) is 29.5 Å². The molecule has 2 aliphatic rings. The van der Waals surface area contributed by atoms with Crippen LogP contribution in [0.15, 0.2) is 53.6 Å². The lowest BCUT2D eigenvalue weighted by Gasteiger charge is -2.30. The van der Waals surface area contributed by atoms with E-state index in [2.05, 4.69) is 10.4 Å². The first kappa shape index (κ1) is 26.7. The minimum Gasteiger partial charge on any atom is -0.368 e. The summed E-state index contributed by atoms with van der Waals surface area (Å²) < 4.78 is 39.4. The third-order valence-electron chi connectivity index (χ3n) is 6.51. The van der Waals surface area contributed by atoms with Crippen LogP contribution in [0.5, 0.6) is 0 Å². The first-order chi connectivity index (χ1) is 17.5. The number of hydrogen-bond acceptors (Lipinski definition) is 4. The molecule has 3 amide bonds. The predicted octanol–water partition coefficient (Wildman–Crippen LogP) is 4.44. The van der Waals surface area contributed by atoms with Gasteiger partial charge in [-0.25, -0.2) is 5.01 Å². The van der Waals surface area contributed by atoms with Gasteiger partial charge in [-0.3, -0.25) is 14.4 Å². The molecule has 11 heteroatoms. The van der Waals surface area contributed by atoms with E-state index >= 15 is 0 Å². The number of primary amides is 1. The van der Waals surface area contributed by atoms with Crippen molar-refractivity contribution in [2.75, 3.05) is 6.54 Å². The second-order valence-electron chi connectivity index (χ2n) is 9.40. The van der Waals surface area contributed by atoms with Gasteiger partial charge in [0.25, 0.3) is 0 Å². The maximum Gasteiger partial charge on any atom is 0.416 e. The van der Waals surface area contributed by atoms with Gasteiger partial charge < -0.3 is 11.1 Å². The van der Waals surface area contributed by atoms with Crippen LogP contribution in [-0.4, -0.2) is 35.0 Å². The summed E-state index contributed by atoms with van der Waals surface area (Å²) in [6.07, 6.45) is -0.361. The molecule has 1 aliphatic heterocycles. The van der Waals surface area contributed by atoms with Crippen LogP contribution in [0.3, 0.4) is 0 Å². The molecule has 0 spiro atoms. The maximum atomic E-state index is 13.2. The van der Waals surface area contributed by atoms with Crippen LogP contribution >= 0.6 is 11.6 Å². The molecule has 1 aliphatic carbocycles. The molecule has 7 nitrogen and oxygen atoms in total. The Kier molecular flexibility index (Phi) is 7.87. The number of alkyl halides is 3. The fourth-order valence-corrected chi connectivity index (χ4v) is 4.45. The van der Waals surface area contributed by atoms with E-state index in [9.17, 15) is 27.6 Å². The van der Waals surface area contributed by atoms with E-state index in [1.54, 1.807) is 24.3 Å². The van der Waals surface area contributed by atoms with Crippen LogP contribution in [0.1, 0.15) is 54.8 Å². The van der Waals surface area contributed by atoms with Gasteiger partial charge in [0.1, 0.15) is 12.6 Å². The molecule has 2 aromatic carbocycles. The van der Waals surface area contributed by atoms with Crippen molar-refractivity contribution in [3.63, 3.8) is 0 Å². The smallest absolute Gasteiger partial charge is 0.368 e. The maximum absolute atomic E-state index is 13.2. The van der Waals surface area contributed by atoms with Crippen molar-refractivity contribution in [2.24, 2.45) is 22.7 Å². The van der Waals surface area contributed by atoms with Gasteiger partial charge >= 0.3 is 6.18 Å². The molecule has 37 heavy (non-hydrogen) atoms. The van der Waals surface area contributed by atoms with E-state index in [-0.39, 0.29) is 17.4 Å². The Morgan fingerprint density at radius 1 is 1.14 bits per heavy atom. The highest BCUT2D eigenvalue weighted by Crippen LogP contribution is 2.36. The highest BCUT2D eigenvalue weighted by atomic mass is 35.5. The van der Waals surface area contributed by atoms with Gasteiger partial charge in [0.05, 0.1) is 11.3 Å². The Morgan fingerprint density at radius 3 is 2.46 bits per heavy atom. The standard InChI is InChI=1S/C26H26ClF3N4O3/c27-20-10-8-16(9-11-20)21-13-18(7-6-15-4-5-15)25(37)34(33-21)14-22(35)32-23(24(31)36)17-2-1-3-19(12-17)26(28,29)30/h1-3,8-12,15,18,23H,4-7,13-14H2,(H2,31,36)(H,32,35). The fraction of sp³-hybridized carbons (Fsp3) is 0.385. The number of amides is 3. The Balaban J connectivity index is 1.53. The Labute approximate surface area is 216 Å². The summed E-state index contributed by atoms with van der Waals surface area (Å²) in [6, 6.07) is 9.46. The Hall–Kier alpha value is -3.40. The third-order valence-corrected chi connectivity index (χ3v) is 6.77. The molecule has 0 aromatic heterocycles. The number of rotatable bonds is 9. The predicted molar refractivity (Wildman–Crippen MR) is 131 cm³/mol. The molecule has 3 N–H and O–H groups in total. The summed E-state index contributed by atoms with van der Waals surface area (Å²) in [6.45, 7) is -0.515. The number of nitrogens with zero attached hydrogens (tertiary/aromatic N) is 2. The minimum absolute atomic E-state index is 0.117. The van der Waals surface area contributed by atoms with Crippen LogP contribution < -0.4 is 11.1 Å². The van der Waals surface area contributed by atoms with Gasteiger partial charge in [-0.2, -0.15) is 18.3 Å². The van der Waals surface area contributed by atoms with Crippen molar-refractivity contribution in [2.45, 2.75) is 44.3 Å². The highest BCUT2D eigenvalue weighted by molar-refractivity contribution is 6.30. The van der Waals surface area contributed by atoms with Crippen molar-refractivity contribution in [1.82, 2.24) is 10.3 Å². The first-order valence-electron chi connectivity index (χ1n) is 11.9. The van der Waals surface area contributed by atoms with Crippen molar-refractivity contribution in [1.29, 1.82) is 0 Å². The van der Waals surface area contributed by atoms with E-state index in [1.165, 1.54) is 6.07 Å². The number of nitrogens with two attached hydrogens (primary N) is 1. The summed E-state index contributed by atoms with van der Waals surface area (Å²) in [5.41, 5.74) is 5.67. The summed E-state index contributed by atoms with van der Waals surface area (Å²) in [4.78, 5) is 38.1. The number of carbonyl (C=O) groups excluding carboxylic acids is 3. The van der Waals surface area contributed by atoms with E-state index in [1.807, 2.05) is 0 Å². The fourth-order valence-electron chi connectivity index (χ4n) is 4.32. The van der Waals surface area contributed by atoms with Crippen molar-refractivity contribution < 1.29 is 27.6 Å². The SMILES string of the molecule is NC(=O)C(NC(=O)CN1N=C(c2ccc(Cl)cc2)CC(CCC2CC2)C1=O)c1cccc(C(F)(F)F)c1. The van der Waals surface area contributed by atoms with Crippen LogP contribution in [-0.2, 0) is 20.6 Å². The molecule has 2 aromatic rings. The van der Waals surface area contributed by atoms with Crippen LogP contribution in [0.4, 0.5) is 13.2 Å². The summed E-state index contributed by atoms with van der Waals surface area (Å²) >= 11 is 5.99.